The molecular formula is C39H61NO10. The number of nitrogens with two attached hydrogens (primary N) is 1. The molecule has 3 aliphatic heterocycles. The number of carbonyl (C=O) groups excluding carboxylic acids is 2. The molecular weight excluding hydrogens is 642 g/mol. The smallest absolute Gasteiger partial charge is 0.306 e. The van der Waals surface area contributed by atoms with Crippen LogP contribution in [-0.2, 0) is 47.5 Å². The van der Waals surface area contributed by atoms with Crippen molar-refractivity contribution in [3.8, 4) is 0 Å². The number of cyclic esters (lactones) is 1. The van der Waals surface area contributed by atoms with Gasteiger partial charge in [-0.3, -0.25) is 9.59 Å². The first kappa shape index (κ1) is 38.0. The Morgan fingerprint density at radius 2 is 1.60 bits per heavy atom. The van der Waals surface area contributed by atoms with E-state index in [2.05, 4.69) is 25.2 Å². The predicted octanol–water partition coefficient (Wildman–Crippen LogP) is 4.88. The molecule has 3 saturated heterocycles. The van der Waals surface area contributed by atoms with E-state index in [9.17, 15) is 9.59 Å². The summed E-state index contributed by atoms with van der Waals surface area (Å²) in [5.41, 5.74) is 6.96. The zero-order chi connectivity index (χ0) is 35.7. The van der Waals surface area contributed by atoms with Crippen LogP contribution >= 0.6 is 0 Å². The molecule has 0 amide bonds. The molecule has 17 atom stereocenters. The molecule has 282 valence electrons. The van der Waals surface area contributed by atoms with Crippen molar-refractivity contribution in [3.05, 3.63) is 23.8 Å². The Balaban J connectivity index is 1.21. The van der Waals surface area contributed by atoms with Crippen LogP contribution in [0.1, 0.15) is 85.5 Å². The zero-order valence-corrected chi connectivity index (χ0v) is 31.1. The molecule has 0 aromatic rings. The molecule has 17 unspecified atom stereocenters. The molecule has 1 saturated carbocycles. The Bertz CT molecular complexity index is 1240. The minimum atomic E-state index is -0.597. The van der Waals surface area contributed by atoms with Gasteiger partial charge in [-0.2, -0.15) is 0 Å². The number of ether oxygens (including phenoxy) is 8. The highest BCUT2D eigenvalue weighted by molar-refractivity contribution is 5.99. The quantitative estimate of drug-likeness (QED) is 0.274. The van der Waals surface area contributed by atoms with Crippen molar-refractivity contribution in [2.24, 2.45) is 41.2 Å². The van der Waals surface area contributed by atoms with Gasteiger partial charge in [0.15, 0.2) is 18.4 Å². The summed E-state index contributed by atoms with van der Waals surface area (Å²) >= 11 is 0. The van der Waals surface area contributed by atoms with E-state index in [-0.39, 0.29) is 103 Å². The molecule has 6 rings (SSSR count). The number of Topliss-reactive ketones (excluding diaryl/α,β-unsaturated/α-hetero) is 1. The fraction of sp³-hybridized carbons (Fsp3) is 0.846. The van der Waals surface area contributed by atoms with Crippen molar-refractivity contribution in [1.29, 1.82) is 0 Å². The molecule has 0 bridgehead atoms. The summed E-state index contributed by atoms with van der Waals surface area (Å²) in [7, 11) is 4.96. The van der Waals surface area contributed by atoms with E-state index in [1.807, 2.05) is 20.8 Å². The Labute approximate surface area is 298 Å². The highest BCUT2D eigenvalue weighted by atomic mass is 16.7. The van der Waals surface area contributed by atoms with Crippen molar-refractivity contribution in [2.75, 3.05) is 21.3 Å². The van der Waals surface area contributed by atoms with Crippen LogP contribution in [0, 0.1) is 35.5 Å². The Morgan fingerprint density at radius 3 is 2.30 bits per heavy atom. The minimum absolute atomic E-state index is 0.0131. The predicted molar refractivity (Wildman–Crippen MR) is 185 cm³/mol. The number of hydrogen-bond donors (Lipinski definition) is 1. The molecule has 0 radical (unpaired) electrons. The van der Waals surface area contributed by atoms with Crippen LogP contribution in [0.15, 0.2) is 23.8 Å². The summed E-state index contributed by atoms with van der Waals surface area (Å²) in [6.07, 6.45) is 10.2. The second kappa shape index (κ2) is 16.5. The average Bonchev–Trinajstić information content (AvgIpc) is 3.68. The van der Waals surface area contributed by atoms with Gasteiger partial charge in [0.1, 0.15) is 24.4 Å². The van der Waals surface area contributed by atoms with Crippen molar-refractivity contribution < 1.29 is 47.5 Å². The monoisotopic (exact) mass is 703 g/mol. The number of ketones is 1. The lowest BCUT2D eigenvalue weighted by molar-refractivity contribution is -0.314. The van der Waals surface area contributed by atoms with Gasteiger partial charge >= 0.3 is 5.97 Å². The maximum atomic E-state index is 14.5. The highest BCUT2D eigenvalue weighted by Gasteiger charge is 2.52. The molecule has 50 heavy (non-hydrogen) atoms. The molecule has 4 fully saturated rings. The first-order valence-electron chi connectivity index (χ1n) is 19.2. The first-order valence-corrected chi connectivity index (χ1v) is 19.2. The summed E-state index contributed by atoms with van der Waals surface area (Å²) < 4.78 is 49.1. The van der Waals surface area contributed by atoms with Gasteiger partial charge < -0.3 is 43.6 Å². The van der Waals surface area contributed by atoms with E-state index in [1.165, 1.54) is 0 Å². The van der Waals surface area contributed by atoms with Crippen LogP contribution in [0.5, 0.6) is 0 Å². The SMILES string of the molecule is CCC1CCCC(OC2CCC(N)C(C)O2)C(C)C(=O)C2=CC3C(C=CC4CC(OC5OC(C)C(OC)C(OC)C5OC)CC43)C2CC(=O)O1. The maximum absolute atomic E-state index is 14.5. The molecule has 2 N–H and O–H groups in total. The Hall–Kier alpha value is -1.70. The number of allylic oxidation sites excluding steroid dienone is 4. The van der Waals surface area contributed by atoms with Crippen LogP contribution in [0.25, 0.3) is 0 Å². The normalized spacial score (nSPS) is 47.0. The van der Waals surface area contributed by atoms with E-state index in [4.69, 9.17) is 43.6 Å². The van der Waals surface area contributed by atoms with Crippen molar-refractivity contribution in [2.45, 2.75) is 153 Å². The van der Waals surface area contributed by atoms with Crippen molar-refractivity contribution in [3.63, 3.8) is 0 Å². The lowest BCUT2D eigenvalue weighted by Crippen LogP contribution is -2.59. The van der Waals surface area contributed by atoms with Crippen LogP contribution in [0.4, 0.5) is 0 Å². The van der Waals surface area contributed by atoms with E-state index < -0.39 is 12.4 Å². The Morgan fingerprint density at radius 1 is 0.840 bits per heavy atom. The fourth-order valence-corrected chi connectivity index (χ4v) is 9.75. The van der Waals surface area contributed by atoms with E-state index in [0.717, 1.165) is 44.1 Å². The summed E-state index contributed by atoms with van der Waals surface area (Å²) in [5.74, 6) is -0.0500. The third-order valence-corrected chi connectivity index (χ3v) is 12.7. The number of fused-ring (bicyclic) bond motifs is 5. The molecule has 0 aromatic carbocycles. The van der Waals surface area contributed by atoms with Gasteiger partial charge in [-0.25, -0.2) is 0 Å². The minimum Gasteiger partial charge on any atom is -0.462 e. The van der Waals surface area contributed by atoms with Gasteiger partial charge in [0.25, 0.3) is 0 Å². The summed E-state index contributed by atoms with van der Waals surface area (Å²) in [5, 5.41) is 0. The standard InChI is InChI=1S/C39H61NO10/c1-8-24-10-9-11-32(50-34-15-14-31(40)21(3)46-34)20(2)35(42)30-18-28-26(29(30)19-33(41)48-24)13-12-23-16-25(17-27(23)28)49-39-38(45-7)37(44-6)36(43-5)22(4)47-39/h12-13,18,20-29,31-32,34,36-39H,8-11,14-17,19,40H2,1-7H3. The van der Waals surface area contributed by atoms with Crippen LogP contribution in [0.3, 0.4) is 0 Å². The summed E-state index contributed by atoms with van der Waals surface area (Å²) in [6, 6.07) is -0.0131. The molecule has 11 nitrogen and oxygen atoms in total. The highest BCUT2D eigenvalue weighted by Crippen LogP contribution is 2.54. The number of hydrogen-bond acceptors (Lipinski definition) is 11. The van der Waals surface area contributed by atoms with Gasteiger partial charge in [-0.05, 0) is 94.5 Å². The van der Waals surface area contributed by atoms with Crippen LogP contribution < -0.4 is 5.73 Å². The largest absolute Gasteiger partial charge is 0.462 e. The van der Waals surface area contributed by atoms with Crippen molar-refractivity contribution >= 4 is 11.8 Å². The lowest BCUT2D eigenvalue weighted by atomic mass is 9.70. The van der Waals surface area contributed by atoms with Crippen molar-refractivity contribution in [1.82, 2.24) is 0 Å². The number of esters is 1. The second-order valence-corrected chi connectivity index (χ2v) is 15.6. The molecule has 0 spiro atoms. The molecule has 3 aliphatic carbocycles. The summed E-state index contributed by atoms with van der Waals surface area (Å²) in [4.78, 5) is 28.0. The number of methoxy groups -OCH3 is 3. The molecule has 11 heteroatoms. The molecule has 6 aliphatic rings. The van der Waals surface area contributed by atoms with Gasteiger partial charge in [0.2, 0.25) is 0 Å². The first-order chi connectivity index (χ1) is 24.1. The van der Waals surface area contributed by atoms with Gasteiger partial charge in [0, 0.05) is 39.2 Å². The van der Waals surface area contributed by atoms with Gasteiger partial charge in [-0.15, -0.1) is 0 Å². The maximum Gasteiger partial charge on any atom is 0.306 e. The number of carbonyl (C=O) groups is 2. The molecule has 3 heterocycles. The number of rotatable bonds is 8. The third kappa shape index (κ3) is 7.81. The second-order valence-electron chi connectivity index (χ2n) is 15.6. The van der Waals surface area contributed by atoms with E-state index in [0.29, 0.717) is 18.8 Å². The topological polar surface area (TPSA) is 134 Å². The summed E-state index contributed by atoms with van der Waals surface area (Å²) in [6.45, 7) is 8.00. The van der Waals surface area contributed by atoms with Crippen LogP contribution in [0.2, 0.25) is 0 Å². The average molecular weight is 704 g/mol. The van der Waals surface area contributed by atoms with E-state index in [1.54, 1.807) is 21.3 Å². The van der Waals surface area contributed by atoms with Gasteiger partial charge in [-0.1, -0.05) is 32.1 Å². The zero-order valence-electron chi connectivity index (χ0n) is 31.1. The van der Waals surface area contributed by atoms with E-state index >= 15 is 0 Å². The van der Waals surface area contributed by atoms with Crippen LogP contribution in [-0.4, -0.2) is 101 Å². The molecule has 0 aromatic heterocycles. The van der Waals surface area contributed by atoms with Gasteiger partial charge in [0.05, 0.1) is 30.8 Å². The Kier molecular flexibility index (Phi) is 12.6. The third-order valence-electron chi connectivity index (χ3n) is 12.7. The fourth-order valence-electron chi connectivity index (χ4n) is 9.75. The lowest BCUT2D eigenvalue weighted by Gasteiger charge is -2.44.